The Morgan fingerprint density at radius 2 is 0.938 bits per heavy atom. The zero-order valence-corrected chi connectivity index (χ0v) is 21.5. The van der Waals surface area contributed by atoms with E-state index in [-0.39, 0.29) is 36.0 Å². The summed E-state index contributed by atoms with van der Waals surface area (Å²) in [6.45, 7) is 8.45. The maximum Gasteiger partial charge on any atom is 0.306 e. The number of carbonyl (C=O) groups excluding carboxylic acids is 2. The first-order chi connectivity index (χ1) is 15.4. The van der Waals surface area contributed by atoms with E-state index < -0.39 is 0 Å². The quantitative estimate of drug-likeness (QED) is 0.238. The van der Waals surface area contributed by atoms with Crippen LogP contribution in [-0.4, -0.2) is 23.1 Å². The predicted molar refractivity (Wildman–Crippen MR) is 130 cm³/mol. The Kier molecular flexibility index (Phi) is 11.6. The van der Waals surface area contributed by atoms with Crippen LogP contribution < -0.4 is 0 Å². The van der Waals surface area contributed by atoms with Crippen LogP contribution in [0.1, 0.15) is 143 Å². The van der Waals surface area contributed by atoms with Crippen molar-refractivity contribution in [3.8, 4) is 0 Å². The second kappa shape index (κ2) is 13.6. The fourth-order valence-corrected chi connectivity index (χ4v) is 5.92. The van der Waals surface area contributed by atoms with E-state index in [2.05, 4.69) is 27.7 Å². The SMILES string of the molecule is CCC(CC)(CCC1CCCC1)OC(=O)CCC(=O)OC(CC)(CC)CCC1CCCC1. The molecule has 0 unspecified atom stereocenters. The minimum atomic E-state index is -0.374. The molecule has 0 aromatic carbocycles. The van der Waals surface area contributed by atoms with E-state index in [0.717, 1.165) is 63.2 Å². The Morgan fingerprint density at radius 3 is 1.22 bits per heavy atom. The second-order valence-electron chi connectivity index (χ2n) is 10.6. The molecule has 4 heteroatoms. The first kappa shape index (κ1) is 27.2. The van der Waals surface area contributed by atoms with Crippen LogP contribution in [0.5, 0.6) is 0 Å². The van der Waals surface area contributed by atoms with Gasteiger partial charge in [0.1, 0.15) is 11.2 Å². The summed E-state index contributed by atoms with van der Waals surface area (Å²) in [5.41, 5.74) is -0.747. The molecule has 186 valence electrons. The van der Waals surface area contributed by atoms with Crippen LogP contribution in [0.3, 0.4) is 0 Å². The molecular weight excluding hydrogens is 400 g/mol. The zero-order chi connectivity index (χ0) is 23.5. The van der Waals surface area contributed by atoms with Gasteiger partial charge in [0.25, 0.3) is 0 Å². The van der Waals surface area contributed by atoms with Gasteiger partial charge in [0, 0.05) is 0 Å². The highest BCUT2D eigenvalue weighted by Crippen LogP contribution is 2.36. The third-order valence-corrected chi connectivity index (χ3v) is 8.74. The average Bonchev–Trinajstić information content (AvgIpc) is 3.52. The Balaban J connectivity index is 1.79. The number of esters is 2. The van der Waals surface area contributed by atoms with Gasteiger partial charge in [0.15, 0.2) is 0 Å². The summed E-state index contributed by atoms with van der Waals surface area (Å²) in [7, 11) is 0. The lowest BCUT2D eigenvalue weighted by molar-refractivity contribution is -0.169. The van der Waals surface area contributed by atoms with Gasteiger partial charge in [-0.3, -0.25) is 9.59 Å². The molecule has 0 radical (unpaired) electrons. The van der Waals surface area contributed by atoms with Crippen LogP contribution in [0.2, 0.25) is 0 Å². The lowest BCUT2D eigenvalue weighted by Crippen LogP contribution is -2.36. The van der Waals surface area contributed by atoms with Crippen LogP contribution in [0.15, 0.2) is 0 Å². The van der Waals surface area contributed by atoms with Crippen molar-refractivity contribution in [3.63, 3.8) is 0 Å². The second-order valence-corrected chi connectivity index (χ2v) is 10.6. The molecule has 0 atom stereocenters. The van der Waals surface area contributed by atoms with E-state index in [1.807, 2.05) is 0 Å². The molecule has 2 aliphatic rings. The van der Waals surface area contributed by atoms with Crippen molar-refractivity contribution in [1.82, 2.24) is 0 Å². The van der Waals surface area contributed by atoms with E-state index in [4.69, 9.17) is 9.47 Å². The Morgan fingerprint density at radius 1 is 0.625 bits per heavy atom. The standard InChI is InChI=1S/C28H50O4/c1-5-27(6-2,21-19-23-13-9-10-14-23)31-25(29)17-18-26(30)32-28(7-3,8-4)22-20-24-15-11-12-16-24/h23-24H,5-22H2,1-4H3. The summed E-state index contributed by atoms with van der Waals surface area (Å²) in [4.78, 5) is 25.3. The third-order valence-electron chi connectivity index (χ3n) is 8.74. The molecule has 32 heavy (non-hydrogen) atoms. The fourth-order valence-electron chi connectivity index (χ4n) is 5.92. The molecule has 2 aliphatic carbocycles. The molecular formula is C28H50O4. The van der Waals surface area contributed by atoms with Gasteiger partial charge in [-0.25, -0.2) is 0 Å². The van der Waals surface area contributed by atoms with Gasteiger partial charge >= 0.3 is 11.9 Å². The summed E-state index contributed by atoms with van der Waals surface area (Å²) in [6.07, 6.45) is 18.4. The average molecular weight is 451 g/mol. The van der Waals surface area contributed by atoms with Crippen molar-refractivity contribution in [3.05, 3.63) is 0 Å². The summed E-state index contributed by atoms with van der Waals surface area (Å²) >= 11 is 0. The van der Waals surface area contributed by atoms with Gasteiger partial charge in [-0.2, -0.15) is 0 Å². The molecule has 0 saturated heterocycles. The highest BCUT2D eigenvalue weighted by molar-refractivity contribution is 5.78. The summed E-state index contributed by atoms with van der Waals surface area (Å²) < 4.78 is 12.0. The predicted octanol–water partition coefficient (Wildman–Crippen LogP) is 7.91. The van der Waals surface area contributed by atoms with Crippen LogP contribution >= 0.6 is 0 Å². The normalized spacial score (nSPS) is 18.2. The van der Waals surface area contributed by atoms with Gasteiger partial charge in [0.2, 0.25) is 0 Å². The van der Waals surface area contributed by atoms with Crippen molar-refractivity contribution in [2.75, 3.05) is 0 Å². The number of rotatable bonds is 15. The molecule has 0 bridgehead atoms. The van der Waals surface area contributed by atoms with Crippen molar-refractivity contribution < 1.29 is 19.1 Å². The number of hydrogen-bond acceptors (Lipinski definition) is 4. The smallest absolute Gasteiger partial charge is 0.306 e. The van der Waals surface area contributed by atoms with Crippen LogP contribution in [0.4, 0.5) is 0 Å². The molecule has 0 spiro atoms. The van der Waals surface area contributed by atoms with E-state index in [1.165, 1.54) is 51.4 Å². The van der Waals surface area contributed by atoms with Gasteiger partial charge in [-0.1, -0.05) is 79.1 Å². The highest BCUT2D eigenvalue weighted by atomic mass is 16.6. The molecule has 4 nitrogen and oxygen atoms in total. The monoisotopic (exact) mass is 450 g/mol. The Bertz CT molecular complexity index is 500. The van der Waals surface area contributed by atoms with Crippen molar-refractivity contribution in [1.29, 1.82) is 0 Å². The van der Waals surface area contributed by atoms with Crippen LogP contribution in [0, 0.1) is 11.8 Å². The van der Waals surface area contributed by atoms with Gasteiger partial charge in [-0.15, -0.1) is 0 Å². The summed E-state index contributed by atoms with van der Waals surface area (Å²) in [5, 5.41) is 0. The highest BCUT2D eigenvalue weighted by Gasteiger charge is 2.34. The topological polar surface area (TPSA) is 52.6 Å². The van der Waals surface area contributed by atoms with Crippen molar-refractivity contribution >= 4 is 11.9 Å². The molecule has 2 saturated carbocycles. The zero-order valence-electron chi connectivity index (χ0n) is 21.5. The van der Waals surface area contributed by atoms with E-state index in [0.29, 0.717) is 0 Å². The van der Waals surface area contributed by atoms with Gasteiger partial charge in [-0.05, 0) is 63.2 Å². The molecule has 0 heterocycles. The molecule has 2 rings (SSSR count). The maximum atomic E-state index is 12.7. The summed E-state index contributed by atoms with van der Waals surface area (Å²) in [5.74, 6) is 1.09. The number of ether oxygens (including phenoxy) is 2. The first-order valence-electron chi connectivity index (χ1n) is 13.8. The van der Waals surface area contributed by atoms with Gasteiger partial charge in [0.05, 0.1) is 12.8 Å². The van der Waals surface area contributed by atoms with E-state index in [9.17, 15) is 9.59 Å². The number of hydrogen-bond donors (Lipinski definition) is 0. The fraction of sp³-hybridized carbons (Fsp3) is 0.929. The maximum absolute atomic E-state index is 12.7. The van der Waals surface area contributed by atoms with E-state index >= 15 is 0 Å². The summed E-state index contributed by atoms with van der Waals surface area (Å²) in [6, 6.07) is 0. The van der Waals surface area contributed by atoms with Crippen LogP contribution in [-0.2, 0) is 19.1 Å². The first-order valence-corrected chi connectivity index (χ1v) is 13.8. The largest absolute Gasteiger partial charge is 0.459 e. The Hall–Kier alpha value is -1.06. The van der Waals surface area contributed by atoms with Crippen LogP contribution in [0.25, 0.3) is 0 Å². The van der Waals surface area contributed by atoms with E-state index in [1.54, 1.807) is 0 Å². The minimum absolute atomic E-state index is 0.121. The molecule has 0 aromatic heterocycles. The lowest BCUT2D eigenvalue weighted by Gasteiger charge is -2.33. The number of carbonyl (C=O) groups is 2. The van der Waals surface area contributed by atoms with Crippen molar-refractivity contribution in [2.45, 2.75) is 154 Å². The Labute approximate surface area is 197 Å². The van der Waals surface area contributed by atoms with Gasteiger partial charge < -0.3 is 9.47 Å². The molecule has 0 aliphatic heterocycles. The molecule has 0 N–H and O–H groups in total. The van der Waals surface area contributed by atoms with Crippen molar-refractivity contribution in [2.24, 2.45) is 11.8 Å². The minimum Gasteiger partial charge on any atom is -0.459 e. The molecule has 0 aromatic rings. The molecule has 2 fully saturated rings. The third kappa shape index (κ3) is 8.37. The molecule has 0 amide bonds. The lowest BCUT2D eigenvalue weighted by atomic mass is 9.87.